The molecule has 0 N–H and O–H groups in total. The van der Waals surface area contributed by atoms with Crippen LogP contribution in [0.15, 0.2) is 20.7 Å². The van der Waals surface area contributed by atoms with Crippen molar-refractivity contribution in [1.82, 2.24) is 0 Å². The van der Waals surface area contributed by atoms with E-state index >= 15 is 0 Å². The first-order valence-corrected chi connectivity index (χ1v) is 4.58. The Hall–Kier alpha value is 0.930. The molecule has 0 nitrogen and oxygen atoms in total. The second-order valence-corrected chi connectivity index (χ2v) is 4.60. The van der Waals surface area contributed by atoms with E-state index in [2.05, 4.69) is 0 Å². The van der Waals surface area contributed by atoms with Crippen molar-refractivity contribution >= 4 is 58.0 Å². The molecule has 0 amide bonds. The molecule has 0 aromatic carbocycles. The predicted octanol–water partition coefficient (Wildman–Crippen LogP) is 4.38. The molecule has 0 atom stereocenters. The summed E-state index contributed by atoms with van der Waals surface area (Å²) in [5.74, 6) is 0. The van der Waals surface area contributed by atoms with Gasteiger partial charge in [-0.25, -0.2) is 0 Å². The van der Waals surface area contributed by atoms with Gasteiger partial charge in [-0.15, -0.1) is 0 Å². The summed E-state index contributed by atoms with van der Waals surface area (Å²) in [7, 11) is 0. The van der Waals surface area contributed by atoms with Gasteiger partial charge in [0, 0.05) is 0 Å². The molecule has 62 valence electrons. The number of hydrogen-bond acceptors (Lipinski definition) is 0. The Morgan fingerprint density at radius 2 is 1.45 bits per heavy atom. The molecular weight excluding hydrogens is 249 g/mol. The molecule has 0 fully saturated rings. The van der Waals surface area contributed by atoms with Gasteiger partial charge in [0.2, 0.25) is 0 Å². The minimum Gasteiger partial charge on any atom is -0.0902 e. The number of halogens is 5. The average molecular weight is 252 g/mol. The van der Waals surface area contributed by atoms with Crippen LogP contribution in [-0.2, 0) is 0 Å². The minimum absolute atomic E-state index is 0.171. The Bertz CT molecular complexity index is 234. The van der Waals surface area contributed by atoms with Crippen molar-refractivity contribution in [3.05, 3.63) is 20.7 Å². The van der Waals surface area contributed by atoms with Gasteiger partial charge in [0.1, 0.15) is 0 Å². The van der Waals surface area contributed by atoms with E-state index in [1.165, 1.54) is 0 Å². The second kappa shape index (κ2) is 3.01. The maximum atomic E-state index is 5.81. The molecule has 0 bridgehead atoms. The molecule has 0 aromatic heterocycles. The number of hydrogen-bond donors (Lipinski definition) is 0. The summed E-state index contributed by atoms with van der Waals surface area (Å²) in [6.45, 7) is 1.68. The highest BCUT2D eigenvalue weighted by Crippen LogP contribution is 2.51. The molecule has 0 radical (unpaired) electrons. The van der Waals surface area contributed by atoms with E-state index in [-0.39, 0.29) is 10.1 Å². The summed E-state index contributed by atoms with van der Waals surface area (Å²) in [6.07, 6.45) is 0. The Morgan fingerprint density at radius 3 is 1.55 bits per heavy atom. The number of allylic oxidation sites excluding steroid dienone is 4. The van der Waals surface area contributed by atoms with Gasteiger partial charge in [-0.05, 0) is 12.5 Å². The molecule has 1 rings (SSSR count). The van der Waals surface area contributed by atoms with Gasteiger partial charge in [0.15, 0.2) is 4.33 Å². The Balaban J connectivity index is 3.27. The molecule has 0 saturated heterocycles. The van der Waals surface area contributed by atoms with Crippen molar-refractivity contribution in [2.24, 2.45) is 0 Å². The molecule has 0 aliphatic heterocycles. The van der Waals surface area contributed by atoms with Crippen LogP contribution < -0.4 is 0 Å². The zero-order chi connectivity index (χ0) is 8.81. The predicted molar refractivity (Wildman–Crippen MR) is 51.7 cm³/mol. The third-order valence-corrected chi connectivity index (χ3v) is 4.12. The summed E-state index contributed by atoms with van der Waals surface area (Å²) in [4.78, 5) is 0. The zero-order valence-corrected chi connectivity index (χ0v) is 9.17. The van der Waals surface area contributed by atoms with Crippen molar-refractivity contribution in [3.63, 3.8) is 0 Å². The van der Waals surface area contributed by atoms with E-state index < -0.39 is 4.33 Å². The van der Waals surface area contributed by atoms with Gasteiger partial charge >= 0.3 is 0 Å². The lowest BCUT2D eigenvalue weighted by molar-refractivity contribution is 1.13. The van der Waals surface area contributed by atoms with Gasteiger partial charge in [0.25, 0.3) is 0 Å². The Morgan fingerprint density at radius 1 is 1.00 bits per heavy atom. The smallest absolute Gasteiger partial charge is 0.0902 e. The van der Waals surface area contributed by atoms with Gasteiger partial charge in [-0.1, -0.05) is 58.0 Å². The minimum atomic E-state index is -1.24. The quantitative estimate of drug-likeness (QED) is 0.561. The standard InChI is InChI=1S/C6H3Cl5/c1-2-3(7)4(8)5(9)6(2,10)11/h1H3. The topological polar surface area (TPSA) is 0 Å². The van der Waals surface area contributed by atoms with Crippen molar-refractivity contribution in [3.8, 4) is 0 Å². The molecule has 0 aromatic rings. The molecule has 0 heterocycles. The lowest BCUT2D eigenvalue weighted by atomic mass is 10.2. The third-order valence-electron chi connectivity index (χ3n) is 1.46. The SMILES string of the molecule is CC1=C(Cl)C(Cl)=C(Cl)C1(Cl)Cl. The van der Waals surface area contributed by atoms with Crippen LogP contribution in [0.5, 0.6) is 0 Å². The van der Waals surface area contributed by atoms with E-state index in [1.54, 1.807) is 6.92 Å². The molecule has 5 heteroatoms. The van der Waals surface area contributed by atoms with Crippen molar-refractivity contribution in [2.75, 3.05) is 0 Å². The van der Waals surface area contributed by atoms with Gasteiger partial charge in [0.05, 0.1) is 15.1 Å². The normalized spacial score (nSPS) is 23.5. The van der Waals surface area contributed by atoms with Crippen molar-refractivity contribution in [2.45, 2.75) is 11.3 Å². The van der Waals surface area contributed by atoms with Crippen LogP contribution in [0.2, 0.25) is 0 Å². The summed E-state index contributed by atoms with van der Waals surface area (Å²) < 4.78 is -1.24. The fourth-order valence-electron chi connectivity index (χ4n) is 0.701. The fourth-order valence-corrected chi connectivity index (χ4v) is 2.08. The first-order chi connectivity index (χ1) is 4.89. The van der Waals surface area contributed by atoms with E-state index in [0.717, 1.165) is 0 Å². The zero-order valence-electron chi connectivity index (χ0n) is 5.39. The number of rotatable bonds is 0. The lowest BCUT2D eigenvalue weighted by Crippen LogP contribution is -2.10. The van der Waals surface area contributed by atoms with E-state index in [1.807, 2.05) is 0 Å². The van der Waals surface area contributed by atoms with Crippen LogP contribution in [0.25, 0.3) is 0 Å². The second-order valence-electron chi connectivity index (χ2n) is 2.14. The van der Waals surface area contributed by atoms with Gasteiger partial charge < -0.3 is 0 Å². The monoisotopic (exact) mass is 250 g/mol. The van der Waals surface area contributed by atoms with E-state index in [9.17, 15) is 0 Å². The Kier molecular flexibility index (Phi) is 2.74. The van der Waals surface area contributed by atoms with E-state index in [4.69, 9.17) is 58.0 Å². The maximum absolute atomic E-state index is 5.81. The lowest BCUT2D eigenvalue weighted by Gasteiger charge is -2.13. The summed E-state index contributed by atoms with van der Waals surface area (Å²) >= 11 is 28.7. The van der Waals surface area contributed by atoms with Crippen LogP contribution in [0, 0.1) is 0 Å². The summed E-state index contributed by atoms with van der Waals surface area (Å²) in [6, 6.07) is 0. The molecule has 11 heavy (non-hydrogen) atoms. The first-order valence-electron chi connectivity index (χ1n) is 2.69. The van der Waals surface area contributed by atoms with E-state index in [0.29, 0.717) is 10.6 Å². The summed E-state index contributed by atoms with van der Waals surface area (Å²) in [5.41, 5.74) is 0.567. The highest BCUT2D eigenvalue weighted by Gasteiger charge is 2.40. The third kappa shape index (κ3) is 1.40. The first kappa shape index (κ1) is 10.0. The fraction of sp³-hybridized carbons (Fsp3) is 0.333. The van der Waals surface area contributed by atoms with Crippen molar-refractivity contribution < 1.29 is 0 Å². The highest BCUT2D eigenvalue weighted by atomic mass is 35.5. The maximum Gasteiger partial charge on any atom is 0.177 e. The molecule has 0 unspecified atom stereocenters. The van der Waals surface area contributed by atoms with Gasteiger partial charge in [-0.3, -0.25) is 0 Å². The van der Waals surface area contributed by atoms with Crippen LogP contribution in [0.4, 0.5) is 0 Å². The van der Waals surface area contributed by atoms with Crippen molar-refractivity contribution in [1.29, 1.82) is 0 Å². The highest BCUT2D eigenvalue weighted by molar-refractivity contribution is 6.62. The van der Waals surface area contributed by atoms with Crippen LogP contribution in [0.3, 0.4) is 0 Å². The van der Waals surface area contributed by atoms with Crippen LogP contribution in [-0.4, -0.2) is 4.33 Å². The molecular formula is C6H3Cl5. The largest absolute Gasteiger partial charge is 0.177 e. The molecule has 0 saturated carbocycles. The molecule has 0 spiro atoms. The van der Waals surface area contributed by atoms with Gasteiger partial charge in [-0.2, -0.15) is 0 Å². The Labute approximate surface area is 89.7 Å². The molecule has 1 aliphatic rings. The number of alkyl halides is 2. The van der Waals surface area contributed by atoms with Crippen LogP contribution in [0.1, 0.15) is 6.92 Å². The molecule has 1 aliphatic carbocycles. The summed E-state index contributed by atoms with van der Waals surface area (Å²) in [5, 5.41) is 0.738. The van der Waals surface area contributed by atoms with Crippen LogP contribution >= 0.6 is 58.0 Å². The average Bonchev–Trinajstić information content (AvgIpc) is 2.06.